The second-order valence-electron chi connectivity index (χ2n) is 5.61. The van der Waals surface area contributed by atoms with Crippen LogP contribution in [-0.4, -0.2) is 52.8 Å². The van der Waals surface area contributed by atoms with Crippen molar-refractivity contribution in [1.82, 2.24) is 10.2 Å². The summed E-state index contributed by atoms with van der Waals surface area (Å²) in [5, 5.41) is 11.4. The van der Waals surface area contributed by atoms with Crippen LogP contribution in [0.4, 0.5) is 9.18 Å². The molecule has 0 bridgehead atoms. The summed E-state index contributed by atoms with van der Waals surface area (Å²) in [5.74, 6) is -1.92. The Hall–Kier alpha value is -2.64. The van der Waals surface area contributed by atoms with E-state index in [1.807, 2.05) is 6.07 Å². The number of benzene rings is 1. The van der Waals surface area contributed by atoms with Gasteiger partial charge < -0.3 is 20.1 Å². The summed E-state index contributed by atoms with van der Waals surface area (Å²) in [6, 6.07) is 6.77. The Morgan fingerprint density at radius 1 is 1.38 bits per heavy atom. The van der Waals surface area contributed by atoms with Gasteiger partial charge in [-0.05, 0) is 12.5 Å². The molecule has 3 atom stereocenters. The van der Waals surface area contributed by atoms with Crippen LogP contribution >= 0.6 is 0 Å². The van der Waals surface area contributed by atoms with Gasteiger partial charge in [0.1, 0.15) is 24.9 Å². The van der Waals surface area contributed by atoms with E-state index in [0.717, 1.165) is 10.5 Å². The molecule has 1 aromatic carbocycles. The number of carbonyl (C=O) groups excluding carboxylic acids is 2. The fourth-order valence-corrected chi connectivity index (χ4v) is 2.51. The monoisotopic (exact) mass is 338 g/mol. The molecule has 8 heteroatoms. The van der Waals surface area contributed by atoms with Gasteiger partial charge in [0.25, 0.3) is 0 Å². The maximum Gasteiger partial charge on any atom is 0.408 e. The number of carboxylic acids is 1. The highest BCUT2D eigenvalue weighted by atomic mass is 19.1. The molecule has 2 amide bonds. The first-order chi connectivity index (χ1) is 11.4. The number of alkyl carbamates (subject to hydrolysis) is 1. The fourth-order valence-electron chi connectivity index (χ4n) is 2.51. The number of likely N-dealkylation sites (tertiary alicyclic amines) is 1. The molecule has 0 aromatic heterocycles. The van der Waals surface area contributed by atoms with E-state index in [1.54, 1.807) is 24.3 Å². The van der Waals surface area contributed by atoms with E-state index >= 15 is 0 Å². The lowest BCUT2D eigenvalue weighted by molar-refractivity contribution is -0.148. The Labute approximate surface area is 138 Å². The molecular formula is C16H19FN2O5. The molecule has 0 unspecified atom stereocenters. The third-order valence-corrected chi connectivity index (χ3v) is 3.74. The summed E-state index contributed by atoms with van der Waals surface area (Å²) in [6.07, 6.45) is -2.43. The first-order valence-electron chi connectivity index (χ1n) is 7.53. The average Bonchev–Trinajstić information content (AvgIpc) is 2.95. The molecule has 0 radical (unpaired) electrons. The second kappa shape index (κ2) is 7.76. The average molecular weight is 338 g/mol. The summed E-state index contributed by atoms with van der Waals surface area (Å²) >= 11 is 0. The highest BCUT2D eigenvalue weighted by Crippen LogP contribution is 2.21. The number of carboxylic acid groups (broad SMARTS) is 1. The van der Waals surface area contributed by atoms with Crippen LogP contribution in [0.15, 0.2) is 30.3 Å². The zero-order chi connectivity index (χ0) is 17.7. The predicted octanol–water partition coefficient (Wildman–Crippen LogP) is 1.32. The van der Waals surface area contributed by atoms with Gasteiger partial charge in [-0.15, -0.1) is 0 Å². The first kappa shape index (κ1) is 17.7. The molecule has 2 rings (SSSR count). The second-order valence-corrected chi connectivity index (χ2v) is 5.61. The molecule has 0 saturated carbocycles. The maximum absolute atomic E-state index is 13.4. The van der Waals surface area contributed by atoms with Crippen LogP contribution in [0.2, 0.25) is 0 Å². The molecule has 7 nitrogen and oxygen atoms in total. The van der Waals surface area contributed by atoms with Crippen molar-refractivity contribution >= 4 is 18.0 Å². The Morgan fingerprint density at radius 2 is 2.04 bits per heavy atom. The molecule has 2 N–H and O–H groups in total. The van der Waals surface area contributed by atoms with Gasteiger partial charge in [0.2, 0.25) is 5.91 Å². The van der Waals surface area contributed by atoms with Crippen molar-refractivity contribution in [2.75, 3.05) is 6.54 Å². The molecule has 24 heavy (non-hydrogen) atoms. The van der Waals surface area contributed by atoms with Crippen molar-refractivity contribution in [2.24, 2.45) is 0 Å². The lowest BCUT2D eigenvalue weighted by Crippen LogP contribution is -2.50. The number of nitrogens with one attached hydrogen (secondary N) is 1. The van der Waals surface area contributed by atoms with Crippen LogP contribution in [0.25, 0.3) is 0 Å². The highest BCUT2D eigenvalue weighted by Gasteiger charge is 2.41. The van der Waals surface area contributed by atoms with Gasteiger partial charge in [-0.2, -0.15) is 0 Å². The number of aliphatic carboxylic acids is 1. The molecular weight excluding hydrogens is 319 g/mol. The summed E-state index contributed by atoms with van der Waals surface area (Å²) in [4.78, 5) is 36.0. The molecule has 130 valence electrons. The van der Waals surface area contributed by atoms with E-state index < -0.39 is 36.2 Å². The van der Waals surface area contributed by atoms with Crippen molar-refractivity contribution in [3.05, 3.63) is 35.9 Å². The first-order valence-corrected chi connectivity index (χ1v) is 7.53. The van der Waals surface area contributed by atoms with E-state index in [4.69, 9.17) is 9.84 Å². The maximum atomic E-state index is 13.4. The molecule has 0 aliphatic carbocycles. The van der Waals surface area contributed by atoms with Crippen LogP contribution in [0.1, 0.15) is 18.9 Å². The minimum absolute atomic E-state index is 0.0433. The number of halogens is 1. The molecule has 1 aliphatic rings. The van der Waals surface area contributed by atoms with Gasteiger partial charge in [-0.3, -0.25) is 4.79 Å². The number of hydrogen-bond acceptors (Lipinski definition) is 4. The van der Waals surface area contributed by atoms with E-state index in [-0.39, 0.29) is 19.6 Å². The van der Waals surface area contributed by atoms with Crippen molar-refractivity contribution in [3.8, 4) is 0 Å². The summed E-state index contributed by atoms with van der Waals surface area (Å²) in [7, 11) is 0. The van der Waals surface area contributed by atoms with Crippen molar-refractivity contribution in [1.29, 1.82) is 0 Å². The lowest BCUT2D eigenvalue weighted by Gasteiger charge is -2.24. The predicted molar refractivity (Wildman–Crippen MR) is 81.9 cm³/mol. The Bertz CT molecular complexity index is 610. The van der Waals surface area contributed by atoms with E-state index in [2.05, 4.69) is 5.32 Å². The van der Waals surface area contributed by atoms with Gasteiger partial charge in [0.05, 0.1) is 6.54 Å². The minimum Gasteiger partial charge on any atom is -0.480 e. The minimum atomic E-state index is -1.38. The number of hydrogen-bond donors (Lipinski definition) is 2. The fraction of sp³-hybridized carbons (Fsp3) is 0.438. The van der Waals surface area contributed by atoms with Crippen LogP contribution in [0.5, 0.6) is 0 Å². The van der Waals surface area contributed by atoms with E-state index in [0.29, 0.717) is 0 Å². The number of amides is 2. The van der Waals surface area contributed by atoms with Gasteiger partial charge >= 0.3 is 12.1 Å². The number of nitrogens with zero attached hydrogens (tertiary/aromatic N) is 1. The molecule has 1 fully saturated rings. The Kier molecular flexibility index (Phi) is 5.73. The highest BCUT2D eigenvalue weighted by molar-refractivity contribution is 5.89. The SMILES string of the molecule is C[C@H](NC(=O)OCc1ccccc1)C(=O)N1C[C@@H](F)C[C@H]1C(=O)O. The Morgan fingerprint density at radius 3 is 2.67 bits per heavy atom. The zero-order valence-corrected chi connectivity index (χ0v) is 13.1. The van der Waals surface area contributed by atoms with Crippen LogP contribution in [0, 0.1) is 0 Å². The molecule has 0 spiro atoms. The quantitative estimate of drug-likeness (QED) is 0.844. The summed E-state index contributed by atoms with van der Waals surface area (Å²) in [5.41, 5.74) is 0.789. The number of rotatable bonds is 5. The number of carbonyl (C=O) groups is 3. The Balaban J connectivity index is 1.86. The number of ether oxygens (including phenoxy) is 1. The van der Waals surface area contributed by atoms with Crippen molar-refractivity contribution < 1.29 is 28.6 Å². The van der Waals surface area contributed by atoms with Gasteiger partial charge in [-0.1, -0.05) is 30.3 Å². The van der Waals surface area contributed by atoms with E-state index in [1.165, 1.54) is 6.92 Å². The third kappa shape index (κ3) is 4.43. The molecule has 1 heterocycles. The topological polar surface area (TPSA) is 95.9 Å². The van der Waals surface area contributed by atoms with Gasteiger partial charge in [-0.25, -0.2) is 14.0 Å². The normalized spacial score (nSPS) is 21.2. The van der Waals surface area contributed by atoms with Crippen LogP contribution in [0.3, 0.4) is 0 Å². The molecule has 1 aliphatic heterocycles. The van der Waals surface area contributed by atoms with Crippen molar-refractivity contribution in [2.45, 2.75) is 38.2 Å². The molecule has 1 aromatic rings. The van der Waals surface area contributed by atoms with Gasteiger partial charge in [0, 0.05) is 6.42 Å². The third-order valence-electron chi connectivity index (χ3n) is 3.74. The largest absolute Gasteiger partial charge is 0.480 e. The van der Waals surface area contributed by atoms with Crippen LogP contribution < -0.4 is 5.32 Å². The lowest BCUT2D eigenvalue weighted by atomic mass is 10.2. The number of alkyl halides is 1. The van der Waals surface area contributed by atoms with Gasteiger partial charge in [0.15, 0.2) is 0 Å². The van der Waals surface area contributed by atoms with Crippen molar-refractivity contribution in [3.63, 3.8) is 0 Å². The smallest absolute Gasteiger partial charge is 0.408 e. The summed E-state index contributed by atoms with van der Waals surface area (Å²) in [6.45, 7) is 1.15. The standard InChI is InChI=1S/C16H19FN2O5/c1-10(14(20)19-8-12(17)7-13(19)15(21)22)18-16(23)24-9-11-5-3-2-4-6-11/h2-6,10,12-13H,7-9H2,1H3,(H,18,23)(H,21,22)/t10-,12-,13-/m0/s1. The zero-order valence-electron chi connectivity index (χ0n) is 13.1. The summed E-state index contributed by atoms with van der Waals surface area (Å²) < 4.78 is 18.4. The molecule has 1 saturated heterocycles. The van der Waals surface area contributed by atoms with Crippen LogP contribution in [-0.2, 0) is 20.9 Å². The van der Waals surface area contributed by atoms with E-state index in [9.17, 15) is 18.8 Å².